The van der Waals surface area contributed by atoms with Gasteiger partial charge in [0.05, 0.1) is 6.20 Å². The van der Waals surface area contributed by atoms with E-state index in [-0.39, 0.29) is 5.56 Å². The highest BCUT2D eigenvalue weighted by molar-refractivity contribution is 5.82. The van der Waals surface area contributed by atoms with Crippen molar-refractivity contribution < 1.29 is 0 Å². The highest BCUT2D eigenvalue weighted by atomic mass is 16.1. The molecule has 15 heavy (non-hydrogen) atoms. The molecule has 0 aliphatic rings. The Morgan fingerprint density at radius 3 is 2.67 bits per heavy atom. The van der Waals surface area contributed by atoms with Crippen LogP contribution in [0.15, 0.2) is 17.3 Å². The highest BCUT2D eigenvalue weighted by Gasteiger charge is 2.09. The van der Waals surface area contributed by atoms with Crippen LogP contribution < -0.4 is 10.5 Å². The third-order valence-corrected chi connectivity index (χ3v) is 2.16. The van der Waals surface area contributed by atoms with E-state index < -0.39 is 0 Å². The molecule has 0 bridgehead atoms. The van der Waals surface area contributed by atoms with Crippen LogP contribution in [0.5, 0.6) is 0 Å². The molecule has 2 aromatic rings. The lowest BCUT2D eigenvalue weighted by atomic mass is 10.4. The third kappa shape index (κ3) is 1.43. The van der Waals surface area contributed by atoms with Crippen molar-refractivity contribution in [2.24, 2.45) is 7.05 Å². The normalized spacial score (nSPS) is 10.6. The van der Waals surface area contributed by atoms with E-state index in [0.717, 1.165) is 0 Å². The van der Waals surface area contributed by atoms with E-state index in [0.29, 0.717) is 17.0 Å². The third-order valence-electron chi connectivity index (χ3n) is 2.16. The topological polar surface area (TPSA) is 63.9 Å². The summed E-state index contributed by atoms with van der Waals surface area (Å²) in [6.07, 6.45) is 2.71. The van der Waals surface area contributed by atoms with E-state index in [1.807, 2.05) is 19.0 Å². The number of fused-ring (bicyclic) bond motifs is 1. The van der Waals surface area contributed by atoms with Gasteiger partial charge in [-0.1, -0.05) is 0 Å². The number of aromatic nitrogens is 4. The van der Waals surface area contributed by atoms with Crippen LogP contribution in [0.25, 0.3) is 11.2 Å². The standard InChI is InChI=1S/C9H11N5O/c1-13(2)8-7-9(12-5-11-8)14(3)6(15)4-10-7/h4-5H,1-3H3. The molecular formula is C9H11N5O. The zero-order valence-electron chi connectivity index (χ0n) is 8.80. The lowest BCUT2D eigenvalue weighted by Gasteiger charge is -2.12. The van der Waals surface area contributed by atoms with Gasteiger partial charge in [-0.05, 0) is 0 Å². The van der Waals surface area contributed by atoms with Gasteiger partial charge in [-0.15, -0.1) is 0 Å². The molecule has 2 heterocycles. The van der Waals surface area contributed by atoms with Gasteiger partial charge in [0.2, 0.25) is 0 Å². The van der Waals surface area contributed by atoms with Crippen molar-refractivity contribution in [2.75, 3.05) is 19.0 Å². The van der Waals surface area contributed by atoms with Gasteiger partial charge in [0, 0.05) is 21.1 Å². The molecule has 6 nitrogen and oxygen atoms in total. The monoisotopic (exact) mass is 205 g/mol. The first-order valence-corrected chi connectivity index (χ1v) is 4.45. The zero-order chi connectivity index (χ0) is 11.0. The Morgan fingerprint density at radius 2 is 2.00 bits per heavy atom. The van der Waals surface area contributed by atoms with Crippen LogP contribution >= 0.6 is 0 Å². The fourth-order valence-corrected chi connectivity index (χ4v) is 1.36. The van der Waals surface area contributed by atoms with Crippen molar-refractivity contribution in [1.29, 1.82) is 0 Å². The SMILES string of the molecule is CN(C)c1ncnc2c1ncc(=O)n2C. The fraction of sp³-hybridized carbons (Fsp3) is 0.333. The van der Waals surface area contributed by atoms with Crippen LogP contribution in [-0.2, 0) is 7.05 Å². The molecule has 0 aliphatic carbocycles. The second-order valence-corrected chi connectivity index (χ2v) is 3.42. The molecule has 6 heteroatoms. The van der Waals surface area contributed by atoms with E-state index in [9.17, 15) is 4.79 Å². The second-order valence-electron chi connectivity index (χ2n) is 3.42. The first-order valence-electron chi connectivity index (χ1n) is 4.45. The number of hydrogen-bond donors (Lipinski definition) is 0. The average molecular weight is 205 g/mol. The molecule has 0 unspecified atom stereocenters. The molecule has 0 N–H and O–H groups in total. The maximum Gasteiger partial charge on any atom is 0.270 e. The summed E-state index contributed by atoms with van der Waals surface area (Å²) in [7, 11) is 5.40. The van der Waals surface area contributed by atoms with Crippen LogP contribution in [0.3, 0.4) is 0 Å². The van der Waals surface area contributed by atoms with Crippen LogP contribution in [0.1, 0.15) is 0 Å². The van der Waals surface area contributed by atoms with Gasteiger partial charge in [-0.2, -0.15) is 0 Å². The van der Waals surface area contributed by atoms with Gasteiger partial charge in [-0.25, -0.2) is 15.0 Å². The summed E-state index contributed by atoms with van der Waals surface area (Å²) in [5.74, 6) is 0.704. The molecular weight excluding hydrogens is 194 g/mol. The summed E-state index contributed by atoms with van der Waals surface area (Å²) in [6.45, 7) is 0. The van der Waals surface area contributed by atoms with Crippen molar-refractivity contribution in [2.45, 2.75) is 0 Å². The minimum Gasteiger partial charge on any atom is -0.361 e. The van der Waals surface area contributed by atoms with Gasteiger partial charge in [0.15, 0.2) is 11.5 Å². The minimum absolute atomic E-state index is 0.175. The maximum atomic E-state index is 11.3. The predicted molar refractivity (Wildman–Crippen MR) is 56.9 cm³/mol. The van der Waals surface area contributed by atoms with Gasteiger partial charge in [-0.3, -0.25) is 9.36 Å². The van der Waals surface area contributed by atoms with E-state index in [1.165, 1.54) is 17.1 Å². The Morgan fingerprint density at radius 1 is 1.27 bits per heavy atom. The largest absolute Gasteiger partial charge is 0.361 e. The number of hydrogen-bond acceptors (Lipinski definition) is 5. The summed E-state index contributed by atoms with van der Waals surface area (Å²) in [5.41, 5.74) is 0.997. The Bertz CT molecular complexity index is 560. The molecule has 0 aromatic carbocycles. The van der Waals surface area contributed by atoms with E-state index in [1.54, 1.807) is 7.05 Å². The second kappa shape index (κ2) is 3.30. The van der Waals surface area contributed by atoms with Crippen LogP contribution in [0.4, 0.5) is 5.82 Å². The molecule has 0 fully saturated rings. The molecule has 78 valence electrons. The number of aryl methyl sites for hydroxylation is 1. The Kier molecular flexibility index (Phi) is 2.11. The summed E-state index contributed by atoms with van der Waals surface area (Å²) in [5, 5.41) is 0. The van der Waals surface area contributed by atoms with Crippen LogP contribution in [0.2, 0.25) is 0 Å². The van der Waals surface area contributed by atoms with Gasteiger partial charge >= 0.3 is 0 Å². The lowest BCUT2D eigenvalue weighted by molar-refractivity contribution is 0.865. The molecule has 0 radical (unpaired) electrons. The number of nitrogens with zero attached hydrogens (tertiary/aromatic N) is 5. The summed E-state index contributed by atoms with van der Waals surface area (Å²) < 4.78 is 1.46. The van der Waals surface area contributed by atoms with Crippen molar-refractivity contribution in [3.63, 3.8) is 0 Å². The van der Waals surface area contributed by atoms with Gasteiger partial charge in [0.1, 0.15) is 11.8 Å². The van der Waals surface area contributed by atoms with Crippen molar-refractivity contribution >= 4 is 17.0 Å². The summed E-state index contributed by atoms with van der Waals surface area (Å²) in [4.78, 5) is 25.4. The lowest BCUT2D eigenvalue weighted by Crippen LogP contribution is -2.20. The Balaban J connectivity index is 2.89. The van der Waals surface area contributed by atoms with E-state index in [2.05, 4.69) is 15.0 Å². The average Bonchev–Trinajstić information content (AvgIpc) is 2.23. The molecule has 0 amide bonds. The van der Waals surface area contributed by atoms with E-state index in [4.69, 9.17) is 0 Å². The quantitative estimate of drug-likeness (QED) is 0.644. The molecule has 2 rings (SSSR count). The summed E-state index contributed by atoms with van der Waals surface area (Å²) >= 11 is 0. The van der Waals surface area contributed by atoms with E-state index >= 15 is 0 Å². The minimum atomic E-state index is -0.175. The number of anilines is 1. The highest BCUT2D eigenvalue weighted by Crippen LogP contribution is 2.15. The van der Waals surface area contributed by atoms with Gasteiger partial charge < -0.3 is 4.90 Å². The van der Waals surface area contributed by atoms with Crippen molar-refractivity contribution in [1.82, 2.24) is 19.5 Å². The van der Waals surface area contributed by atoms with Crippen molar-refractivity contribution in [3.05, 3.63) is 22.9 Å². The maximum absolute atomic E-state index is 11.3. The molecule has 2 aromatic heterocycles. The van der Waals surface area contributed by atoms with Crippen molar-refractivity contribution in [3.8, 4) is 0 Å². The summed E-state index contributed by atoms with van der Waals surface area (Å²) in [6, 6.07) is 0. The van der Waals surface area contributed by atoms with Crippen LogP contribution in [0, 0.1) is 0 Å². The Hall–Kier alpha value is -1.98. The first kappa shape index (κ1) is 9.57. The first-order chi connectivity index (χ1) is 7.11. The fourth-order valence-electron chi connectivity index (χ4n) is 1.36. The molecule has 0 aliphatic heterocycles. The molecule has 0 saturated heterocycles. The smallest absolute Gasteiger partial charge is 0.270 e. The molecule has 0 saturated carbocycles. The number of rotatable bonds is 1. The van der Waals surface area contributed by atoms with Gasteiger partial charge in [0.25, 0.3) is 5.56 Å². The Labute approximate surface area is 86.2 Å². The molecule has 0 atom stereocenters. The predicted octanol–water partition coefficient (Wildman–Crippen LogP) is -0.211. The van der Waals surface area contributed by atoms with Crippen LogP contribution in [-0.4, -0.2) is 33.6 Å². The molecule has 0 spiro atoms. The zero-order valence-corrected chi connectivity index (χ0v) is 8.80.